The zero-order valence-electron chi connectivity index (χ0n) is 14.1. The molecule has 0 aliphatic carbocycles. The number of amides is 1. The third-order valence-electron chi connectivity index (χ3n) is 4.22. The van der Waals surface area contributed by atoms with Gasteiger partial charge in [-0.1, -0.05) is 35.9 Å². The Balaban J connectivity index is 2.06. The lowest BCUT2D eigenvalue weighted by Gasteiger charge is -2.26. The molecule has 3 rings (SSSR count). The molecule has 6 heteroatoms. The van der Waals surface area contributed by atoms with Crippen LogP contribution in [0.15, 0.2) is 53.1 Å². The van der Waals surface area contributed by atoms with E-state index in [-0.39, 0.29) is 11.4 Å². The molecule has 0 saturated heterocycles. The number of hydrogen-bond donors (Lipinski definition) is 1. The van der Waals surface area contributed by atoms with Gasteiger partial charge >= 0.3 is 0 Å². The second-order valence-electron chi connectivity index (χ2n) is 5.87. The summed E-state index contributed by atoms with van der Waals surface area (Å²) in [6.45, 7) is 2.58. The van der Waals surface area contributed by atoms with E-state index < -0.39 is 17.7 Å². The van der Waals surface area contributed by atoms with Gasteiger partial charge in [0.05, 0.1) is 23.1 Å². The first-order chi connectivity index (χ1) is 12.0. The van der Waals surface area contributed by atoms with Crippen molar-refractivity contribution in [1.82, 2.24) is 4.90 Å². The Morgan fingerprint density at radius 3 is 2.60 bits per heavy atom. The molecule has 0 radical (unpaired) electrons. The number of carbonyl (C=O) groups is 2. The number of methoxy groups -OCH3 is 1. The number of hydrogen-bond acceptors (Lipinski definition) is 5. The first-order valence-corrected chi connectivity index (χ1v) is 8.80. The molecule has 130 valence electrons. The van der Waals surface area contributed by atoms with Gasteiger partial charge in [-0.25, -0.2) is 0 Å². The summed E-state index contributed by atoms with van der Waals surface area (Å²) >= 11 is 1.29. The quantitative estimate of drug-likeness (QED) is 0.806. The first-order valence-electron chi connectivity index (χ1n) is 7.92. The van der Waals surface area contributed by atoms with Crippen LogP contribution in [0.2, 0.25) is 0 Å². The molecular weight excluding hydrogens is 338 g/mol. The molecule has 1 aliphatic heterocycles. The van der Waals surface area contributed by atoms with Crippen molar-refractivity contribution in [3.8, 4) is 0 Å². The number of Topliss-reactive ketones (excluding diaryl/α,β-unsaturated/α-hetero) is 1. The zero-order chi connectivity index (χ0) is 18.0. The number of carbonyl (C=O) groups excluding carboxylic acids is 2. The minimum atomic E-state index is -0.613. The fourth-order valence-electron chi connectivity index (χ4n) is 2.94. The van der Waals surface area contributed by atoms with E-state index in [1.54, 1.807) is 24.6 Å². The van der Waals surface area contributed by atoms with Gasteiger partial charge in [-0.15, -0.1) is 11.3 Å². The van der Waals surface area contributed by atoms with E-state index in [9.17, 15) is 14.7 Å². The van der Waals surface area contributed by atoms with Gasteiger partial charge in [0.25, 0.3) is 5.91 Å². The van der Waals surface area contributed by atoms with E-state index >= 15 is 0 Å². The van der Waals surface area contributed by atoms with Crippen molar-refractivity contribution in [3.63, 3.8) is 0 Å². The van der Waals surface area contributed by atoms with Crippen LogP contribution in [0.25, 0.3) is 0 Å². The van der Waals surface area contributed by atoms with E-state index in [1.807, 2.05) is 31.2 Å². The molecular formula is C19H19NO4S. The second-order valence-corrected chi connectivity index (χ2v) is 6.82. The van der Waals surface area contributed by atoms with Crippen molar-refractivity contribution < 1.29 is 19.4 Å². The lowest BCUT2D eigenvalue weighted by atomic mass is 9.95. The topological polar surface area (TPSA) is 66.8 Å². The normalized spacial score (nSPS) is 17.4. The van der Waals surface area contributed by atoms with Gasteiger partial charge in [0, 0.05) is 13.7 Å². The summed E-state index contributed by atoms with van der Waals surface area (Å²) in [7, 11) is 1.55. The molecule has 1 aromatic carbocycles. The number of rotatable bonds is 6. The van der Waals surface area contributed by atoms with Crippen LogP contribution in [0.1, 0.15) is 26.8 Å². The third-order valence-corrected chi connectivity index (χ3v) is 5.09. The first kappa shape index (κ1) is 17.4. The van der Waals surface area contributed by atoms with E-state index in [0.29, 0.717) is 18.0 Å². The maximum Gasteiger partial charge on any atom is 0.290 e. The Hall–Kier alpha value is -2.44. The largest absolute Gasteiger partial charge is 0.503 e. The van der Waals surface area contributed by atoms with Crippen molar-refractivity contribution in [2.45, 2.75) is 13.0 Å². The molecule has 2 heterocycles. The number of aryl methyl sites for hydroxylation is 1. The fourth-order valence-corrected chi connectivity index (χ4v) is 3.62. The summed E-state index contributed by atoms with van der Waals surface area (Å²) < 4.78 is 5.08. The minimum absolute atomic E-state index is 0.132. The molecule has 0 spiro atoms. The zero-order valence-corrected chi connectivity index (χ0v) is 14.9. The molecule has 25 heavy (non-hydrogen) atoms. The summed E-state index contributed by atoms with van der Waals surface area (Å²) in [5, 5.41) is 12.2. The number of thiophene rings is 1. The minimum Gasteiger partial charge on any atom is -0.503 e. The van der Waals surface area contributed by atoms with Crippen LogP contribution in [0, 0.1) is 6.92 Å². The van der Waals surface area contributed by atoms with Gasteiger partial charge in [-0.3, -0.25) is 9.59 Å². The van der Waals surface area contributed by atoms with Gasteiger partial charge < -0.3 is 14.7 Å². The average molecular weight is 357 g/mol. The molecule has 5 nitrogen and oxygen atoms in total. The Labute approximate surface area is 150 Å². The van der Waals surface area contributed by atoms with Crippen molar-refractivity contribution in [2.75, 3.05) is 20.3 Å². The summed E-state index contributed by atoms with van der Waals surface area (Å²) in [5.74, 6) is -1.33. The standard InChI is InChI=1S/C19H19NO4S/c1-12-5-7-13(8-6-12)16-15(17(21)14-4-3-11-25-14)18(22)19(23)20(16)9-10-24-2/h3-8,11,16,22H,9-10H2,1-2H3/t16-/m0/s1. The molecule has 1 aliphatic rings. The highest BCUT2D eigenvalue weighted by atomic mass is 32.1. The van der Waals surface area contributed by atoms with Crippen LogP contribution in [-0.2, 0) is 9.53 Å². The lowest BCUT2D eigenvalue weighted by Crippen LogP contribution is -2.33. The molecule has 1 aromatic heterocycles. The van der Waals surface area contributed by atoms with Gasteiger partial charge in [-0.05, 0) is 23.9 Å². The maximum absolute atomic E-state index is 12.9. The molecule has 1 amide bonds. The van der Waals surface area contributed by atoms with Crippen molar-refractivity contribution in [2.24, 2.45) is 0 Å². The smallest absolute Gasteiger partial charge is 0.290 e. The second kappa shape index (κ2) is 7.21. The number of ketones is 1. The predicted molar refractivity (Wildman–Crippen MR) is 95.8 cm³/mol. The summed E-state index contributed by atoms with van der Waals surface area (Å²) in [4.78, 5) is 27.5. The van der Waals surface area contributed by atoms with Crippen LogP contribution < -0.4 is 0 Å². The highest BCUT2D eigenvalue weighted by Gasteiger charge is 2.43. The predicted octanol–water partition coefficient (Wildman–Crippen LogP) is 3.28. The molecule has 0 fully saturated rings. The number of benzene rings is 1. The summed E-state index contributed by atoms with van der Waals surface area (Å²) in [6, 6.07) is 10.5. The van der Waals surface area contributed by atoms with Gasteiger partial charge in [0.2, 0.25) is 5.78 Å². The number of aliphatic hydroxyl groups is 1. The van der Waals surface area contributed by atoms with E-state index in [0.717, 1.165) is 11.1 Å². The van der Waals surface area contributed by atoms with Crippen LogP contribution in [0.3, 0.4) is 0 Å². The van der Waals surface area contributed by atoms with E-state index in [2.05, 4.69) is 0 Å². The van der Waals surface area contributed by atoms with Gasteiger partial charge in [0.15, 0.2) is 5.76 Å². The number of nitrogens with zero attached hydrogens (tertiary/aromatic N) is 1. The highest BCUT2D eigenvalue weighted by molar-refractivity contribution is 7.12. The molecule has 0 unspecified atom stereocenters. The van der Waals surface area contributed by atoms with Gasteiger partial charge in [0.1, 0.15) is 0 Å². The van der Waals surface area contributed by atoms with Crippen LogP contribution >= 0.6 is 11.3 Å². The Morgan fingerprint density at radius 1 is 1.28 bits per heavy atom. The molecule has 1 N–H and O–H groups in total. The van der Waals surface area contributed by atoms with Crippen LogP contribution in [-0.4, -0.2) is 42.0 Å². The molecule has 1 atom stereocenters. The van der Waals surface area contributed by atoms with E-state index in [4.69, 9.17) is 4.74 Å². The lowest BCUT2D eigenvalue weighted by molar-refractivity contribution is -0.130. The maximum atomic E-state index is 12.9. The van der Waals surface area contributed by atoms with Gasteiger partial charge in [-0.2, -0.15) is 0 Å². The van der Waals surface area contributed by atoms with Crippen LogP contribution in [0.5, 0.6) is 0 Å². The third kappa shape index (κ3) is 3.23. The Morgan fingerprint density at radius 2 is 2.00 bits per heavy atom. The van der Waals surface area contributed by atoms with Crippen molar-refractivity contribution >= 4 is 23.0 Å². The number of ether oxygens (including phenoxy) is 1. The van der Waals surface area contributed by atoms with Crippen LogP contribution in [0.4, 0.5) is 0 Å². The van der Waals surface area contributed by atoms with E-state index in [1.165, 1.54) is 16.2 Å². The molecule has 2 aromatic rings. The average Bonchev–Trinajstić information content (AvgIpc) is 3.22. The monoisotopic (exact) mass is 357 g/mol. The Bertz CT molecular complexity index is 808. The summed E-state index contributed by atoms with van der Waals surface area (Å²) in [5.41, 5.74) is 2.00. The summed E-state index contributed by atoms with van der Waals surface area (Å²) in [6.07, 6.45) is 0. The molecule has 0 saturated carbocycles. The number of aliphatic hydroxyl groups excluding tert-OH is 1. The SMILES string of the molecule is COCCN1C(=O)C(O)=C(C(=O)c2cccs2)[C@@H]1c1ccc(C)cc1. The highest BCUT2D eigenvalue weighted by Crippen LogP contribution is 2.39. The molecule has 0 bridgehead atoms. The van der Waals surface area contributed by atoms with Crippen molar-refractivity contribution in [3.05, 3.63) is 69.1 Å². The Kier molecular flexibility index (Phi) is 5.01. The fraction of sp³-hybridized carbons (Fsp3) is 0.263. The van der Waals surface area contributed by atoms with Crippen molar-refractivity contribution in [1.29, 1.82) is 0 Å².